The Kier molecular flexibility index (Phi) is 3.93. The number of amides is 1. The summed E-state index contributed by atoms with van der Waals surface area (Å²) in [6.45, 7) is 2.18. The molecule has 0 saturated carbocycles. The van der Waals surface area contributed by atoms with Gasteiger partial charge in [0.05, 0.1) is 12.6 Å². The third-order valence-electron chi connectivity index (χ3n) is 2.71. The summed E-state index contributed by atoms with van der Waals surface area (Å²) in [5, 5.41) is 13.5. The quantitative estimate of drug-likeness (QED) is 0.853. The molecule has 2 N–H and O–H groups in total. The zero-order valence-corrected chi connectivity index (χ0v) is 10.7. The number of carboxylic acid groups (broad SMARTS) is 1. The van der Waals surface area contributed by atoms with Gasteiger partial charge < -0.3 is 15.2 Å². The lowest BCUT2D eigenvalue weighted by Crippen LogP contribution is -2.34. The average Bonchev–Trinajstić information content (AvgIpc) is 2.94. The molecule has 0 spiro atoms. The van der Waals surface area contributed by atoms with Gasteiger partial charge in [0.1, 0.15) is 11.1 Å². The smallest absolute Gasteiger partial charge is 0.355 e. The molecule has 1 aromatic rings. The Bertz CT molecular complexity index is 460. The first-order valence-electron chi connectivity index (χ1n) is 5.67. The number of carboxylic acids is 1. The maximum atomic E-state index is 11.7. The zero-order chi connectivity index (χ0) is 13.1. The van der Waals surface area contributed by atoms with E-state index in [9.17, 15) is 9.59 Å². The summed E-state index contributed by atoms with van der Waals surface area (Å²) < 4.78 is 5.43. The molecular weight excluding hydrogens is 256 g/mol. The molecule has 1 saturated heterocycles. The van der Waals surface area contributed by atoms with Gasteiger partial charge in [0, 0.05) is 5.38 Å². The molecule has 98 valence electrons. The first kappa shape index (κ1) is 13.0. The highest BCUT2D eigenvalue weighted by molar-refractivity contribution is 7.09. The monoisotopic (exact) mass is 270 g/mol. The van der Waals surface area contributed by atoms with Crippen molar-refractivity contribution in [3.8, 4) is 0 Å². The molecule has 2 heterocycles. The van der Waals surface area contributed by atoms with E-state index in [1.807, 2.05) is 6.92 Å². The molecule has 0 bridgehead atoms. The van der Waals surface area contributed by atoms with Crippen LogP contribution in [0.25, 0.3) is 0 Å². The molecule has 1 amide bonds. The summed E-state index contributed by atoms with van der Waals surface area (Å²) in [6, 6.07) is 0. The van der Waals surface area contributed by atoms with Crippen LogP contribution >= 0.6 is 11.3 Å². The Morgan fingerprint density at radius 1 is 1.61 bits per heavy atom. The van der Waals surface area contributed by atoms with Gasteiger partial charge in [-0.2, -0.15) is 0 Å². The summed E-state index contributed by atoms with van der Waals surface area (Å²) in [5.74, 6) is -1.22. The van der Waals surface area contributed by atoms with Gasteiger partial charge in [0.15, 0.2) is 5.69 Å². The van der Waals surface area contributed by atoms with E-state index in [-0.39, 0.29) is 30.4 Å². The standard InChI is InChI=1S/C11H14N2O4S/c1-6-2-3-8(17-6)10(14)12-4-9-13-7(5-18-9)11(15)16/h5-6,8H,2-4H2,1H3,(H,12,14)(H,15,16)/t6-,8+/m0/s1. The SMILES string of the molecule is C[C@H]1CC[C@H](C(=O)NCc2nc(C(=O)O)cs2)O1. The largest absolute Gasteiger partial charge is 0.476 e. The Hall–Kier alpha value is -1.47. The lowest BCUT2D eigenvalue weighted by Gasteiger charge is -2.10. The van der Waals surface area contributed by atoms with E-state index in [1.54, 1.807) is 0 Å². The number of ether oxygens (including phenoxy) is 1. The topological polar surface area (TPSA) is 88.5 Å². The van der Waals surface area contributed by atoms with Gasteiger partial charge in [0.25, 0.3) is 0 Å². The van der Waals surface area contributed by atoms with Crippen molar-refractivity contribution in [2.75, 3.05) is 0 Å². The minimum absolute atomic E-state index is 0.00925. The van der Waals surface area contributed by atoms with Gasteiger partial charge in [0.2, 0.25) is 5.91 Å². The number of carbonyl (C=O) groups is 2. The predicted octanol–water partition coefficient (Wildman–Crippen LogP) is 1.02. The normalized spacial score (nSPS) is 22.9. The fourth-order valence-electron chi connectivity index (χ4n) is 1.76. The number of carbonyl (C=O) groups excluding carboxylic acids is 1. The summed E-state index contributed by atoms with van der Waals surface area (Å²) in [6.07, 6.45) is 1.35. The second-order valence-electron chi connectivity index (χ2n) is 4.16. The molecule has 0 aliphatic carbocycles. The van der Waals surface area contributed by atoms with Crippen molar-refractivity contribution in [2.45, 2.75) is 38.5 Å². The maximum Gasteiger partial charge on any atom is 0.355 e. The van der Waals surface area contributed by atoms with Gasteiger partial charge in [-0.25, -0.2) is 9.78 Å². The van der Waals surface area contributed by atoms with Gasteiger partial charge in [-0.05, 0) is 19.8 Å². The first-order valence-corrected chi connectivity index (χ1v) is 6.55. The van der Waals surface area contributed by atoms with E-state index in [4.69, 9.17) is 9.84 Å². The number of hydrogen-bond donors (Lipinski definition) is 2. The number of nitrogens with one attached hydrogen (secondary N) is 1. The maximum absolute atomic E-state index is 11.7. The number of thiazole rings is 1. The molecular formula is C11H14N2O4S. The second-order valence-corrected chi connectivity index (χ2v) is 5.10. The van der Waals surface area contributed by atoms with E-state index in [2.05, 4.69) is 10.3 Å². The molecule has 1 aromatic heterocycles. The first-order chi connectivity index (χ1) is 8.56. The highest BCUT2D eigenvalue weighted by Crippen LogP contribution is 2.19. The van der Waals surface area contributed by atoms with Crippen molar-refractivity contribution < 1.29 is 19.4 Å². The van der Waals surface area contributed by atoms with Crippen LogP contribution < -0.4 is 5.32 Å². The van der Waals surface area contributed by atoms with Crippen molar-refractivity contribution >= 4 is 23.2 Å². The Balaban J connectivity index is 1.83. The van der Waals surface area contributed by atoms with Crippen molar-refractivity contribution in [1.29, 1.82) is 0 Å². The lowest BCUT2D eigenvalue weighted by molar-refractivity contribution is -0.131. The molecule has 0 radical (unpaired) electrons. The summed E-state index contributed by atoms with van der Waals surface area (Å²) >= 11 is 1.22. The number of hydrogen-bond acceptors (Lipinski definition) is 5. The Morgan fingerprint density at radius 2 is 2.39 bits per heavy atom. The van der Waals surface area contributed by atoms with Crippen LogP contribution in [0.3, 0.4) is 0 Å². The summed E-state index contributed by atoms with van der Waals surface area (Å²) in [4.78, 5) is 26.3. The van der Waals surface area contributed by atoms with Crippen LogP contribution in [-0.4, -0.2) is 34.2 Å². The number of nitrogens with zero attached hydrogens (tertiary/aromatic N) is 1. The van der Waals surface area contributed by atoms with Crippen LogP contribution in [0.5, 0.6) is 0 Å². The molecule has 1 fully saturated rings. The van der Waals surface area contributed by atoms with Crippen LogP contribution in [-0.2, 0) is 16.1 Å². The Morgan fingerprint density at radius 3 is 2.94 bits per heavy atom. The van der Waals surface area contributed by atoms with E-state index >= 15 is 0 Å². The van der Waals surface area contributed by atoms with E-state index in [1.165, 1.54) is 16.7 Å². The van der Waals surface area contributed by atoms with Crippen LogP contribution in [0.1, 0.15) is 35.3 Å². The lowest BCUT2D eigenvalue weighted by atomic mass is 10.2. The van der Waals surface area contributed by atoms with Gasteiger partial charge in [-0.15, -0.1) is 11.3 Å². The highest BCUT2D eigenvalue weighted by atomic mass is 32.1. The van der Waals surface area contributed by atoms with Crippen molar-refractivity contribution in [3.05, 3.63) is 16.1 Å². The number of aromatic nitrogens is 1. The molecule has 1 aliphatic rings. The molecule has 18 heavy (non-hydrogen) atoms. The van der Waals surface area contributed by atoms with E-state index in [0.29, 0.717) is 5.01 Å². The van der Waals surface area contributed by atoms with Gasteiger partial charge in [-0.1, -0.05) is 0 Å². The van der Waals surface area contributed by atoms with E-state index in [0.717, 1.165) is 12.8 Å². The fourth-order valence-corrected chi connectivity index (χ4v) is 2.47. The van der Waals surface area contributed by atoms with Gasteiger partial charge in [-0.3, -0.25) is 4.79 Å². The zero-order valence-electron chi connectivity index (χ0n) is 9.88. The van der Waals surface area contributed by atoms with E-state index < -0.39 is 5.97 Å². The fraction of sp³-hybridized carbons (Fsp3) is 0.545. The van der Waals surface area contributed by atoms with Crippen LogP contribution in [0, 0.1) is 0 Å². The minimum atomic E-state index is -1.06. The molecule has 7 heteroatoms. The van der Waals surface area contributed by atoms with Crippen LogP contribution in [0.2, 0.25) is 0 Å². The third-order valence-corrected chi connectivity index (χ3v) is 3.56. The minimum Gasteiger partial charge on any atom is -0.476 e. The van der Waals surface area contributed by atoms with Crippen LogP contribution in [0.15, 0.2) is 5.38 Å². The van der Waals surface area contributed by atoms with Crippen molar-refractivity contribution in [1.82, 2.24) is 10.3 Å². The Labute approximate surface area is 108 Å². The predicted molar refractivity (Wildman–Crippen MR) is 64.5 cm³/mol. The molecule has 2 atom stereocenters. The molecule has 0 unspecified atom stereocenters. The van der Waals surface area contributed by atoms with Gasteiger partial charge >= 0.3 is 5.97 Å². The number of aromatic carboxylic acids is 1. The molecule has 1 aliphatic heterocycles. The average molecular weight is 270 g/mol. The molecule has 2 rings (SSSR count). The summed E-state index contributed by atoms with van der Waals surface area (Å²) in [5.41, 5.74) is 0.00925. The van der Waals surface area contributed by atoms with Crippen molar-refractivity contribution in [2.24, 2.45) is 0 Å². The highest BCUT2D eigenvalue weighted by Gasteiger charge is 2.27. The summed E-state index contributed by atoms with van der Waals surface area (Å²) in [7, 11) is 0. The molecule has 0 aromatic carbocycles. The van der Waals surface area contributed by atoms with Crippen molar-refractivity contribution in [3.63, 3.8) is 0 Å². The second kappa shape index (κ2) is 5.45. The third kappa shape index (κ3) is 3.05. The molecule has 6 nitrogen and oxygen atoms in total. The number of rotatable bonds is 4. The van der Waals surface area contributed by atoms with Crippen LogP contribution in [0.4, 0.5) is 0 Å².